The maximum Gasteiger partial charge on any atom is 0.466 e. The highest BCUT2D eigenvalue weighted by Crippen LogP contribution is 2.25. The molecule has 0 rings (SSSR count). The molecule has 0 aromatic carbocycles. The Labute approximate surface area is 72.3 Å². The van der Waals surface area contributed by atoms with Gasteiger partial charge in [-0.15, -0.1) is 0 Å². The summed E-state index contributed by atoms with van der Waals surface area (Å²) in [5, 5.41) is 7.32. The zero-order valence-corrected chi connectivity index (χ0v) is 8.49. The molecule has 0 spiro atoms. The predicted molar refractivity (Wildman–Crippen MR) is 45.2 cm³/mol. The molecule has 12 heavy (non-hydrogen) atoms. The second-order valence-corrected chi connectivity index (χ2v) is 3.11. The van der Waals surface area contributed by atoms with E-state index in [9.17, 15) is 0 Å². The van der Waals surface area contributed by atoms with Crippen LogP contribution in [0.15, 0.2) is 0 Å². The van der Waals surface area contributed by atoms with Crippen molar-refractivity contribution in [1.82, 2.24) is 4.90 Å². The van der Waals surface area contributed by atoms with E-state index >= 15 is 0 Å². The van der Waals surface area contributed by atoms with Crippen LogP contribution in [-0.4, -0.2) is 40.7 Å². The largest absolute Gasteiger partial charge is 0.466 e. The molecule has 0 amide bonds. The minimum absolute atomic E-state index is 1.43. The van der Waals surface area contributed by atoms with Crippen molar-refractivity contribution >= 4 is 7.82 Å². The lowest BCUT2D eigenvalue weighted by molar-refractivity contribution is 0.275. The van der Waals surface area contributed by atoms with Crippen LogP contribution in [-0.2, 0) is 4.57 Å². The summed E-state index contributed by atoms with van der Waals surface area (Å²) < 4.78 is 8.88. The van der Waals surface area contributed by atoms with Gasteiger partial charge in [0.15, 0.2) is 0 Å². The summed E-state index contributed by atoms with van der Waals surface area (Å²) in [7, 11) is 1.36. The van der Waals surface area contributed by atoms with Crippen LogP contribution in [0.25, 0.3) is 0 Å². The first-order valence-electron chi connectivity index (χ1n) is 2.85. The fourth-order valence-electron chi connectivity index (χ4n) is 0. The summed E-state index contributed by atoms with van der Waals surface area (Å²) in [6.07, 6.45) is 0. The Morgan fingerprint density at radius 1 is 1.25 bits per heavy atom. The van der Waals surface area contributed by atoms with Gasteiger partial charge in [0.25, 0.3) is 0 Å². The molecule has 7 heteroatoms. The van der Waals surface area contributed by atoms with Gasteiger partial charge in [-0.2, -0.15) is 5.26 Å². The Morgan fingerprint density at radius 2 is 1.25 bits per heavy atom. The Bertz CT molecular complexity index is 148. The quantitative estimate of drug-likeness (QED) is 0.465. The lowest BCUT2D eigenvalue weighted by Crippen LogP contribution is -1.99. The third-order valence-electron chi connectivity index (χ3n) is 0. The second kappa shape index (κ2) is 10.6. The summed E-state index contributed by atoms with van der Waals surface area (Å²) in [4.78, 5) is 23.6. The van der Waals surface area contributed by atoms with Crippen molar-refractivity contribution in [3.05, 3.63) is 0 Å². The van der Waals surface area contributed by atoms with Crippen LogP contribution in [0.5, 0.6) is 0 Å². The molecule has 74 valence electrons. The van der Waals surface area contributed by atoms with Crippen LogP contribution >= 0.6 is 7.82 Å². The number of nitrogens with zero attached hydrogens (tertiary/aromatic N) is 2. The molecule has 0 saturated heterocycles. The van der Waals surface area contributed by atoms with E-state index in [0.29, 0.717) is 0 Å². The van der Waals surface area contributed by atoms with Gasteiger partial charge in [-0.05, 0) is 21.1 Å². The number of nitriles is 1. The minimum Gasteiger partial charge on any atom is -0.312 e. The maximum absolute atomic E-state index is 8.88. The first kappa shape index (κ1) is 17.6. The zero-order chi connectivity index (χ0) is 10.8. The van der Waals surface area contributed by atoms with Crippen molar-refractivity contribution in [1.29, 1.82) is 5.26 Å². The number of rotatable bonds is 0. The van der Waals surface area contributed by atoms with Gasteiger partial charge in [0.05, 0.1) is 6.07 Å². The van der Waals surface area contributed by atoms with Crippen molar-refractivity contribution in [2.24, 2.45) is 0 Å². The second-order valence-electron chi connectivity index (χ2n) is 2.08. The fourth-order valence-corrected chi connectivity index (χ4v) is 0. The van der Waals surface area contributed by atoms with E-state index in [1.807, 2.05) is 26.0 Å². The van der Waals surface area contributed by atoms with E-state index in [4.69, 9.17) is 24.5 Å². The highest BCUT2D eigenvalue weighted by atomic mass is 31.2. The van der Waals surface area contributed by atoms with Crippen molar-refractivity contribution in [2.75, 3.05) is 21.1 Å². The topological polar surface area (TPSA) is 105 Å². The van der Waals surface area contributed by atoms with Crippen LogP contribution < -0.4 is 0 Å². The van der Waals surface area contributed by atoms with Crippen LogP contribution in [0.4, 0.5) is 0 Å². The summed E-state index contributed by atoms with van der Waals surface area (Å²) in [6, 6.07) is 1.75. The van der Waals surface area contributed by atoms with Gasteiger partial charge in [0.2, 0.25) is 0 Å². The van der Waals surface area contributed by atoms with Gasteiger partial charge in [0, 0.05) is 6.92 Å². The monoisotopic (exact) mass is 198 g/mol. The van der Waals surface area contributed by atoms with Gasteiger partial charge in [0.1, 0.15) is 0 Å². The third-order valence-corrected chi connectivity index (χ3v) is 0. The summed E-state index contributed by atoms with van der Waals surface area (Å²) in [5.41, 5.74) is 0. The van der Waals surface area contributed by atoms with Gasteiger partial charge in [-0.1, -0.05) is 0 Å². The Morgan fingerprint density at radius 3 is 1.25 bits per heavy atom. The summed E-state index contributed by atoms with van der Waals surface area (Å²) in [5.74, 6) is 0. The third kappa shape index (κ3) is 3620. The molecule has 0 aliphatic carbocycles. The molecule has 0 bridgehead atoms. The Balaban J connectivity index is -0.000000105. The van der Waals surface area contributed by atoms with E-state index < -0.39 is 7.82 Å². The highest BCUT2D eigenvalue weighted by molar-refractivity contribution is 7.45. The van der Waals surface area contributed by atoms with E-state index in [1.165, 1.54) is 6.92 Å². The van der Waals surface area contributed by atoms with Gasteiger partial charge < -0.3 is 19.6 Å². The highest BCUT2D eigenvalue weighted by Gasteiger charge is 2.00. The number of phosphoric acid groups is 1. The van der Waals surface area contributed by atoms with Crippen LogP contribution in [0, 0.1) is 11.3 Å². The summed E-state index contributed by atoms with van der Waals surface area (Å²) in [6.45, 7) is 1.43. The van der Waals surface area contributed by atoms with E-state index in [0.717, 1.165) is 0 Å². The molecule has 0 heterocycles. The molecule has 0 aromatic rings. The van der Waals surface area contributed by atoms with E-state index in [-0.39, 0.29) is 0 Å². The Hall–Kier alpha value is -0.440. The molecular formula is C5H15N2O4P. The SMILES string of the molecule is CC#N.CN(C)C.O=P(O)(O)O. The predicted octanol–water partition coefficient (Wildman–Crippen LogP) is -0.221. The van der Waals surface area contributed by atoms with Crippen molar-refractivity contribution in [3.63, 3.8) is 0 Å². The van der Waals surface area contributed by atoms with E-state index in [1.54, 1.807) is 6.07 Å². The molecular weight excluding hydrogens is 183 g/mol. The van der Waals surface area contributed by atoms with Crippen molar-refractivity contribution in [3.8, 4) is 6.07 Å². The minimum atomic E-state index is -4.64. The molecule has 3 N–H and O–H groups in total. The molecule has 6 nitrogen and oxygen atoms in total. The lowest BCUT2D eigenvalue weighted by Gasteiger charge is -1.90. The normalized spacial score (nSPS) is 8.58. The molecule has 0 saturated carbocycles. The first-order valence-corrected chi connectivity index (χ1v) is 4.41. The first-order chi connectivity index (χ1) is 5.15. The standard InChI is InChI=1S/C3H9N.C2H3N.H3O4P/c1-4(2)3;1-2-3;1-5(2,3)4/h1-3H3;1H3;(H3,1,2,3,4). The van der Waals surface area contributed by atoms with Gasteiger partial charge >= 0.3 is 7.82 Å². The van der Waals surface area contributed by atoms with Crippen molar-refractivity contribution in [2.45, 2.75) is 6.92 Å². The molecule has 0 aliphatic heterocycles. The zero-order valence-electron chi connectivity index (χ0n) is 7.59. The Kier molecular flexibility index (Phi) is 15.5. The average molecular weight is 198 g/mol. The van der Waals surface area contributed by atoms with Crippen molar-refractivity contribution < 1.29 is 19.2 Å². The maximum atomic E-state index is 8.88. The average Bonchev–Trinajstić information content (AvgIpc) is 1.56. The van der Waals surface area contributed by atoms with E-state index in [2.05, 4.69) is 0 Å². The fraction of sp³-hybridized carbons (Fsp3) is 0.800. The van der Waals surface area contributed by atoms with Crippen LogP contribution in [0.1, 0.15) is 6.92 Å². The lowest BCUT2D eigenvalue weighted by atomic mass is 11.0. The number of hydrogen-bond donors (Lipinski definition) is 3. The van der Waals surface area contributed by atoms with Crippen LogP contribution in [0.2, 0.25) is 0 Å². The molecule has 0 aromatic heterocycles. The van der Waals surface area contributed by atoms with Gasteiger partial charge in [-0.25, -0.2) is 4.57 Å². The molecule has 0 fully saturated rings. The molecule has 0 aliphatic rings. The van der Waals surface area contributed by atoms with Gasteiger partial charge in [-0.3, -0.25) is 0 Å². The smallest absolute Gasteiger partial charge is 0.312 e. The summed E-state index contributed by atoms with van der Waals surface area (Å²) >= 11 is 0. The number of hydrogen-bond acceptors (Lipinski definition) is 3. The molecule has 0 radical (unpaired) electrons. The van der Waals surface area contributed by atoms with Crippen LogP contribution in [0.3, 0.4) is 0 Å². The molecule has 0 unspecified atom stereocenters. The molecule has 0 atom stereocenters.